The number of nitrogens with zero attached hydrogens (tertiary/aromatic N) is 1. The molecule has 0 radical (unpaired) electrons. The van der Waals surface area contributed by atoms with Crippen LogP contribution < -0.4 is 0 Å². The summed E-state index contributed by atoms with van der Waals surface area (Å²) >= 11 is 0. The fourth-order valence-corrected chi connectivity index (χ4v) is 7.46. The van der Waals surface area contributed by atoms with E-state index in [-0.39, 0.29) is 5.41 Å². The number of hydrogen-bond donors (Lipinski definition) is 0. The normalized spacial score (nSPS) is 13.9. The zero-order valence-corrected chi connectivity index (χ0v) is 22.6. The van der Waals surface area contributed by atoms with Crippen molar-refractivity contribution in [2.24, 2.45) is 0 Å². The van der Waals surface area contributed by atoms with Gasteiger partial charge in [0.15, 0.2) is 0 Å². The molecule has 8 aromatic rings. The standard InChI is InChI=1S/C39H27N/c1-39(2)33-16-8-7-15-31(33)36-35-27(13-9-17-34(35)39)23-32-30-21-19-25-11-5-6-14-29(25)37(30)40(38(32)36)28-20-18-24-10-3-4-12-26(24)22-28/h3-23H,1-2H3. The molecule has 0 saturated heterocycles. The fourth-order valence-electron chi connectivity index (χ4n) is 7.46. The summed E-state index contributed by atoms with van der Waals surface area (Å²) in [7, 11) is 0. The highest BCUT2D eigenvalue weighted by molar-refractivity contribution is 6.26. The maximum absolute atomic E-state index is 2.56. The van der Waals surface area contributed by atoms with Crippen LogP contribution in [0.5, 0.6) is 0 Å². The van der Waals surface area contributed by atoms with E-state index in [4.69, 9.17) is 0 Å². The fraction of sp³-hybridized carbons (Fsp3) is 0.0769. The van der Waals surface area contributed by atoms with Crippen molar-refractivity contribution in [1.29, 1.82) is 0 Å². The molecule has 0 fully saturated rings. The van der Waals surface area contributed by atoms with Gasteiger partial charge in [-0.25, -0.2) is 0 Å². The van der Waals surface area contributed by atoms with Gasteiger partial charge in [0.05, 0.1) is 11.0 Å². The second-order valence-electron chi connectivity index (χ2n) is 11.8. The highest BCUT2D eigenvalue weighted by atomic mass is 15.0. The topological polar surface area (TPSA) is 4.93 Å². The average Bonchev–Trinajstić information content (AvgIpc) is 3.33. The van der Waals surface area contributed by atoms with Crippen LogP contribution in [0, 0.1) is 0 Å². The van der Waals surface area contributed by atoms with E-state index in [0.717, 1.165) is 0 Å². The first-order valence-corrected chi connectivity index (χ1v) is 14.1. The molecule has 1 aliphatic carbocycles. The first kappa shape index (κ1) is 22.0. The van der Waals surface area contributed by atoms with Crippen molar-refractivity contribution in [2.45, 2.75) is 19.3 Å². The summed E-state index contributed by atoms with van der Waals surface area (Å²) in [5, 5.41) is 10.4. The molecule has 1 heteroatoms. The largest absolute Gasteiger partial charge is 0.308 e. The molecular formula is C39H27N. The molecule has 0 N–H and O–H groups in total. The van der Waals surface area contributed by atoms with Crippen LogP contribution in [-0.2, 0) is 5.41 Å². The predicted molar refractivity (Wildman–Crippen MR) is 171 cm³/mol. The molecule has 0 bridgehead atoms. The van der Waals surface area contributed by atoms with Crippen LogP contribution in [-0.4, -0.2) is 4.57 Å². The summed E-state index contributed by atoms with van der Waals surface area (Å²) in [6.45, 7) is 4.75. The molecule has 1 aromatic heterocycles. The minimum Gasteiger partial charge on any atom is -0.308 e. The number of benzene rings is 7. The van der Waals surface area contributed by atoms with Gasteiger partial charge in [0.1, 0.15) is 0 Å². The Morgan fingerprint density at radius 1 is 0.475 bits per heavy atom. The van der Waals surface area contributed by atoms with Crippen molar-refractivity contribution in [1.82, 2.24) is 4.57 Å². The lowest BCUT2D eigenvalue weighted by molar-refractivity contribution is 0.645. The summed E-state index contributed by atoms with van der Waals surface area (Å²) in [5.74, 6) is 0. The Hall–Kier alpha value is -4.88. The van der Waals surface area contributed by atoms with Gasteiger partial charge in [0.25, 0.3) is 0 Å². The summed E-state index contributed by atoms with van der Waals surface area (Å²) in [4.78, 5) is 0. The Morgan fingerprint density at radius 3 is 2.08 bits per heavy atom. The lowest BCUT2D eigenvalue weighted by Crippen LogP contribution is -2.23. The molecule has 0 spiro atoms. The average molecular weight is 510 g/mol. The third kappa shape index (κ3) is 2.72. The van der Waals surface area contributed by atoms with E-state index < -0.39 is 0 Å². The molecule has 1 nitrogen and oxygen atoms in total. The van der Waals surface area contributed by atoms with Crippen LogP contribution in [0.1, 0.15) is 25.0 Å². The van der Waals surface area contributed by atoms with Crippen molar-refractivity contribution < 1.29 is 0 Å². The number of rotatable bonds is 1. The van der Waals surface area contributed by atoms with Gasteiger partial charge in [-0.15, -0.1) is 0 Å². The van der Waals surface area contributed by atoms with E-state index in [9.17, 15) is 0 Å². The number of fused-ring (bicyclic) bond motifs is 9. The van der Waals surface area contributed by atoms with Gasteiger partial charge in [0.2, 0.25) is 0 Å². The van der Waals surface area contributed by atoms with E-state index in [1.807, 2.05) is 0 Å². The van der Waals surface area contributed by atoms with Gasteiger partial charge in [-0.1, -0.05) is 123 Å². The molecule has 0 amide bonds. The van der Waals surface area contributed by atoms with Gasteiger partial charge >= 0.3 is 0 Å². The quantitative estimate of drug-likeness (QED) is 0.207. The van der Waals surface area contributed by atoms with Crippen LogP contribution in [0.2, 0.25) is 0 Å². The highest BCUT2D eigenvalue weighted by Crippen LogP contribution is 2.53. The molecule has 188 valence electrons. The second-order valence-corrected chi connectivity index (χ2v) is 11.8. The Kier molecular flexibility index (Phi) is 4.18. The molecule has 0 saturated carbocycles. The van der Waals surface area contributed by atoms with Crippen LogP contribution in [0.15, 0.2) is 127 Å². The minimum atomic E-state index is -0.0801. The van der Waals surface area contributed by atoms with Crippen LogP contribution in [0.3, 0.4) is 0 Å². The van der Waals surface area contributed by atoms with E-state index in [1.165, 1.54) is 82.1 Å². The molecule has 40 heavy (non-hydrogen) atoms. The molecule has 1 heterocycles. The second kappa shape index (κ2) is 7.61. The van der Waals surface area contributed by atoms with E-state index in [1.54, 1.807) is 0 Å². The van der Waals surface area contributed by atoms with Gasteiger partial charge in [-0.2, -0.15) is 0 Å². The summed E-state index contributed by atoms with van der Waals surface area (Å²) in [5.41, 5.74) is 9.18. The molecule has 0 atom stereocenters. The third-order valence-electron chi connectivity index (χ3n) is 9.31. The maximum atomic E-state index is 2.56. The first-order chi connectivity index (χ1) is 19.6. The van der Waals surface area contributed by atoms with Gasteiger partial charge < -0.3 is 4.57 Å². The lowest BCUT2D eigenvalue weighted by Gasteiger charge is -2.35. The van der Waals surface area contributed by atoms with Crippen LogP contribution >= 0.6 is 0 Å². The highest BCUT2D eigenvalue weighted by Gasteiger charge is 2.35. The van der Waals surface area contributed by atoms with E-state index >= 15 is 0 Å². The zero-order valence-electron chi connectivity index (χ0n) is 22.6. The van der Waals surface area contributed by atoms with E-state index in [0.29, 0.717) is 0 Å². The van der Waals surface area contributed by atoms with E-state index in [2.05, 4.69) is 146 Å². The molecule has 7 aromatic carbocycles. The monoisotopic (exact) mass is 509 g/mol. The first-order valence-electron chi connectivity index (χ1n) is 14.1. The maximum Gasteiger partial charge on any atom is 0.0626 e. The van der Waals surface area contributed by atoms with Gasteiger partial charge in [0, 0.05) is 32.8 Å². The SMILES string of the molecule is CC1(C)c2ccccc2-c2c3c1cccc3cc1c3ccc4ccccc4c3n(-c3ccc4ccccc4c3)c21. The predicted octanol–water partition coefficient (Wildman–Crippen LogP) is 10.5. The molecular weight excluding hydrogens is 482 g/mol. The van der Waals surface area contributed by atoms with Crippen molar-refractivity contribution in [3.8, 4) is 16.8 Å². The smallest absolute Gasteiger partial charge is 0.0626 e. The summed E-state index contributed by atoms with van der Waals surface area (Å²) in [6.07, 6.45) is 0. The number of aromatic nitrogens is 1. The van der Waals surface area contributed by atoms with Crippen molar-refractivity contribution in [3.63, 3.8) is 0 Å². The van der Waals surface area contributed by atoms with Crippen LogP contribution in [0.25, 0.3) is 70.9 Å². The van der Waals surface area contributed by atoms with Crippen LogP contribution in [0.4, 0.5) is 0 Å². The van der Waals surface area contributed by atoms with Gasteiger partial charge in [-0.3, -0.25) is 0 Å². The summed E-state index contributed by atoms with van der Waals surface area (Å²) in [6, 6.07) is 47.4. The molecule has 0 aliphatic heterocycles. The Bertz CT molecular complexity index is 2350. The number of hydrogen-bond acceptors (Lipinski definition) is 0. The Labute approximate surface area is 232 Å². The Balaban J connectivity index is 1.60. The van der Waals surface area contributed by atoms with Crippen molar-refractivity contribution >= 4 is 54.1 Å². The zero-order chi connectivity index (χ0) is 26.6. The molecule has 0 unspecified atom stereocenters. The Morgan fingerprint density at radius 2 is 1.18 bits per heavy atom. The molecule has 9 rings (SSSR count). The van der Waals surface area contributed by atoms with Crippen molar-refractivity contribution in [3.05, 3.63) is 139 Å². The van der Waals surface area contributed by atoms with Crippen molar-refractivity contribution in [2.75, 3.05) is 0 Å². The lowest BCUT2D eigenvalue weighted by atomic mass is 9.68. The third-order valence-corrected chi connectivity index (χ3v) is 9.31. The van der Waals surface area contributed by atoms with Gasteiger partial charge in [-0.05, 0) is 61.8 Å². The minimum absolute atomic E-state index is 0.0801. The molecule has 1 aliphatic rings. The summed E-state index contributed by atoms with van der Waals surface area (Å²) < 4.78 is 2.56.